The lowest BCUT2D eigenvalue weighted by Gasteiger charge is -2.15. The highest BCUT2D eigenvalue weighted by molar-refractivity contribution is 7.90. The van der Waals surface area contributed by atoms with E-state index in [1.807, 2.05) is 25.1 Å². The Morgan fingerprint density at radius 2 is 1.59 bits per heavy atom. The molecule has 22 heavy (non-hydrogen) atoms. The molecule has 0 aliphatic heterocycles. The van der Waals surface area contributed by atoms with Gasteiger partial charge in [-0.3, -0.25) is 0 Å². The quantitative estimate of drug-likeness (QED) is 0.533. The number of sulfonamides is 1. The highest BCUT2D eigenvalue weighted by Crippen LogP contribution is 2.14. The first-order chi connectivity index (χ1) is 10.4. The minimum Gasteiger partial charge on any atom is -0.302 e. The molecule has 0 aliphatic rings. The SMILES string of the molecule is Cc1ccc(S(=O)(=O)N=C(NN(C)C)c2ccccc2)cc1. The van der Waals surface area contributed by atoms with Gasteiger partial charge in [-0.25, -0.2) is 5.01 Å². The summed E-state index contributed by atoms with van der Waals surface area (Å²) in [7, 11) is -0.222. The van der Waals surface area contributed by atoms with Gasteiger partial charge in [-0.2, -0.15) is 8.42 Å². The molecule has 1 N–H and O–H groups in total. The maximum atomic E-state index is 12.5. The molecule has 2 rings (SSSR count). The molecule has 0 aliphatic carbocycles. The van der Waals surface area contributed by atoms with Crippen molar-refractivity contribution in [2.45, 2.75) is 11.8 Å². The van der Waals surface area contributed by atoms with E-state index in [0.717, 1.165) is 5.56 Å². The normalized spacial score (nSPS) is 12.5. The number of nitrogens with one attached hydrogen (secondary N) is 1. The first-order valence-electron chi connectivity index (χ1n) is 6.79. The van der Waals surface area contributed by atoms with Gasteiger partial charge in [0.15, 0.2) is 5.84 Å². The van der Waals surface area contributed by atoms with Gasteiger partial charge in [0.05, 0.1) is 4.90 Å². The number of hydrazine groups is 1. The maximum Gasteiger partial charge on any atom is 0.284 e. The highest BCUT2D eigenvalue weighted by Gasteiger charge is 2.15. The largest absolute Gasteiger partial charge is 0.302 e. The van der Waals surface area contributed by atoms with Crippen LogP contribution < -0.4 is 5.43 Å². The number of amidine groups is 1. The van der Waals surface area contributed by atoms with E-state index in [1.54, 1.807) is 55.5 Å². The van der Waals surface area contributed by atoms with Crippen molar-refractivity contribution >= 4 is 15.9 Å². The molecule has 0 spiro atoms. The lowest BCUT2D eigenvalue weighted by Crippen LogP contribution is -2.37. The third-order valence-corrected chi connectivity index (χ3v) is 4.20. The molecular formula is C16H19N3O2S. The molecule has 0 saturated carbocycles. The summed E-state index contributed by atoms with van der Waals surface area (Å²) < 4.78 is 28.9. The number of benzene rings is 2. The fourth-order valence-electron chi connectivity index (χ4n) is 1.83. The number of nitrogens with zero attached hydrogens (tertiary/aromatic N) is 2. The van der Waals surface area contributed by atoms with E-state index >= 15 is 0 Å². The van der Waals surface area contributed by atoms with Crippen molar-refractivity contribution in [2.75, 3.05) is 14.1 Å². The van der Waals surface area contributed by atoms with Crippen LogP contribution >= 0.6 is 0 Å². The number of rotatable bonds is 4. The second-order valence-corrected chi connectivity index (χ2v) is 6.70. The van der Waals surface area contributed by atoms with Crippen molar-refractivity contribution < 1.29 is 8.42 Å². The number of hydrogen-bond donors (Lipinski definition) is 1. The van der Waals surface area contributed by atoms with Gasteiger partial charge < -0.3 is 5.43 Å². The smallest absolute Gasteiger partial charge is 0.284 e. The topological polar surface area (TPSA) is 61.8 Å². The van der Waals surface area contributed by atoms with Gasteiger partial charge in [0.1, 0.15) is 0 Å². The van der Waals surface area contributed by atoms with E-state index in [2.05, 4.69) is 9.82 Å². The summed E-state index contributed by atoms with van der Waals surface area (Å²) in [5.74, 6) is 0.283. The fraction of sp³-hybridized carbons (Fsp3) is 0.188. The van der Waals surface area contributed by atoms with E-state index < -0.39 is 10.0 Å². The van der Waals surface area contributed by atoms with Crippen LogP contribution in [-0.4, -0.2) is 33.4 Å². The minimum atomic E-state index is -3.77. The monoisotopic (exact) mass is 317 g/mol. The van der Waals surface area contributed by atoms with Crippen LogP contribution in [0.25, 0.3) is 0 Å². The first-order valence-corrected chi connectivity index (χ1v) is 8.23. The zero-order chi connectivity index (χ0) is 16.2. The molecule has 2 aromatic rings. The molecule has 0 bridgehead atoms. The summed E-state index contributed by atoms with van der Waals surface area (Å²) in [6.07, 6.45) is 0. The van der Waals surface area contributed by atoms with Crippen LogP contribution in [0.4, 0.5) is 0 Å². The molecule has 116 valence electrons. The predicted octanol–water partition coefficient (Wildman–Crippen LogP) is 2.20. The van der Waals surface area contributed by atoms with Crippen molar-refractivity contribution in [1.82, 2.24) is 10.4 Å². The second kappa shape index (κ2) is 6.72. The molecule has 0 aromatic heterocycles. The molecule has 0 heterocycles. The zero-order valence-corrected chi connectivity index (χ0v) is 13.6. The molecule has 0 fully saturated rings. The third kappa shape index (κ3) is 4.16. The van der Waals surface area contributed by atoms with Gasteiger partial charge in [0.2, 0.25) is 0 Å². The van der Waals surface area contributed by atoms with Gasteiger partial charge in [-0.05, 0) is 19.1 Å². The molecule has 0 saturated heterocycles. The molecule has 0 unspecified atom stereocenters. The van der Waals surface area contributed by atoms with Crippen LogP contribution in [0.2, 0.25) is 0 Å². The van der Waals surface area contributed by atoms with Crippen molar-refractivity contribution in [3.05, 3.63) is 65.7 Å². The molecule has 0 radical (unpaired) electrons. The van der Waals surface area contributed by atoms with Gasteiger partial charge >= 0.3 is 0 Å². The maximum absolute atomic E-state index is 12.5. The second-order valence-electron chi connectivity index (χ2n) is 5.10. The van der Waals surface area contributed by atoms with E-state index in [9.17, 15) is 8.42 Å². The molecule has 5 nitrogen and oxygen atoms in total. The Morgan fingerprint density at radius 3 is 2.14 bits per heavy atom. The van der Waals surface area contributed by atoms with Crippen molar-refractivity contribution in [1.29, 1.82) is 0 Å². The standard InChI is InChI=1S/C16H19N3O2S/c1-13-9-11-15(12-10-13)22(20,21)18-16(17-19(2)3)14-7-5-4-6-8-14/h4-12H,1-3H3,(H,17,18). The molecular weight excluding hydrogens is 298 g/mol. The summed E-state index contributed by atoms with van der Waals surface area (Å²) in [6.45, 7) is 1.91. The van der Waals surface area contributed by atoms with Crippen molar-refractivity contribution in [3.63, 3.8) is 0 Å². The van der Waals surface area contributed by atoms with Gasteiger partial charge in [0, 0.05) is 19.7 Å². The highest BCUT2D eigenvalue weighted by atomic mass is 32.2. The van der Waals surface area contributed by atoms with E-state index in [1.165, 1.54) is 0 Å². The van der Waals surface area contributed by atoms with Gasteiger partial charge in [0.25, 0.3) is 10.0 Å². The Labute approximate surface area is 131 Å². The Kier molecular flexibility index (Phi) is 4.95. The van der Waals surface area contributed by atoms with Crippen molar-refractivity contribution in [3.8, 4) is 0 Å². The van der Waals surface area contributed by atoms with Crippen LogP contribution in [0.1, 0.15) is 11.1 Å². The minimum absolute atomic E-state index is 0.173. The summed E-state index contributed by atoms with van der Waals surface area (Å²) >= 11 is 0. The molecule has 0 amide bonds. The van der Waals surface area contributed by atoms with Crippen LogP contribution in [0, 0.1) is 6.92 Å². The first kappa shape index (κ1) is 16.2. The lowest BCUT2D eigenvalue weighted by molar-refractivity contribution is 0.363. The molecule has 0 atom stereocenters. The molecule has 2 aromatic carbocycles. The van der Waals surface area contributed by atoms with E-state index in [0.29, 0.717) is 5.56 Å². The lowest BCUT2D eigenvalue weighted by atomic mass is 10.2. The van der Waals surface area contributed by atoms with Crippen LogP contribution in [0.5, 0.6) is 0 Å². The Morgan fingerprint density at radius 1 is 1.00 bits per heavy atom. The Bertz CT molecular complexity index is 752. The van der Waals surface area contributed by atoms with Gasteiger partial charge in [-0.1, -0.05) is 48.0 Å². The Hall–Kier alpha value is -2.18. The number of hydrogen-bond acceptors (Lipinski definition) is 3. The predicted molar refractivity (Wildman–Crippen MR) is 88.2 cm³/mol. The molecule has 6 heteroatoms. The zero-order valence-electron chi connectivity index (χ0n) is 12.8. The summed E-state index contributed by atoms with van der Waals surface area (Å²) in [6, 6.07) is 15.8. The van der Waals surface area contributed by atoms with Crippen LogP contribution in [0.3, 0.4) is 0 Å². The summed E-state index contributed by atoms with van der Waals surface area (Å²) in [4.78, 5) is 0.173. The summed E-state index contributed by atoms with van der Waals surface area (Å²) in [5, 5.41) is 1.65. The van der Waals surface area contributed by atoms with E-state index in [4.69, 9.17) is 0 Å². The average Bonchev–Trinajstić information content (AvgIpc) is 2.47. The Balaban J connectivity index is 2.46. The fourth-order valence-corrected chi connectivity index (χ4v) is 2.80. The van der Waals surface area contributed by atoms with Crippen molar-refractivity contribution in [2.24, 2.45) is 4.40 Å². The van der Waals surface area contributed by atoms with E-state index in [-0.39, 0.29) is 10.7 Å². The summed E-state index contributed by atoms with van der Waals surface area (Å²) in [5.41, 5.74) is 4.64. The average molecular weight is 317 g/mol. The third-order valence-electron chi connectivity index (χ3n) is 2.91. The van der Waals surface area contributed by atoms with Crippen LogP contribution in [-0.2, 0) is 10.0 Å². The van der Waals surface area contributed by atoms with Gasteiger partial charge in [-0.15, -0.1) is 4.40 Å². The number of aryl methyl sites for hydroxylation is 1. The van der Waals surface area contributed by atoms with Crippen LogP contribution in [0.15, 0.2) is 63.9 Å².